The summed E-state index contributed by atoms with van der Waals surface area (Å²) < 4.78 is 38.6. The Kier molecular flexibility index (Phi) is 11.3. The number of methoxy groups -OCH3 is 1. The Balaban J connectivity index is 0.00000210. The summed E-state index contributed by atoms with van der Waals surface area (Å²) in [4.78, 5) is 25.2. The molecule has 0 aliphatic carbocycles. The molecule has 0 saturated carbocycles. The molecule has 35 heavy (non-hydrogen) atoms. The summed E-state index contributed by atoms with van der Waals surface area (Å²) in [5.74, 6) is -0.514. The number of hydrogen-bond acceptors (Lipinski definition) is 9. The second kappa shape index (κ2) is 13.9. The van der Waals surface area contributed by atoms with Gasteiger partial charge in [-0.2, -0.15) is 4.31 Å². The molecule has 1 saturated heterocycles. The van der Waals surface area contributed by atoms with Gasteiger partial charge in [0, 0.05) is 38.5 Å². The number of nitrogens with zero attached hydrogens (tertiary/aromatic N) is 2. The van der Waals surface area contributed by atoms with Crippen molar-refractivity contribution in [2.45, 2.75) is 29.3 Å². The van der Waals surface area contributed by atoms with Crippen LogP contribution in [0, 0.1) is 5.82 Å². The SMILES string of the molecule is C=O.COCCNCC1(C(=O)NO)CCC(CO)N1S(=O)c1ccc(Oc2ccc(F)cc2)nc1. The molecule has 1 aromatic heterocycles. The Bertz CT molecular complexity index is 967. The van der Waals surface area contributed by atoms with Crippen LogP contribution in [0.15, 0.2) is 47.5 Å². The van der Waals surface area contributed by atoms with Gasteiger partial charge in [-0.1, -0.05) is 0 Å². The fraction of sp³-hybridized carbons (Fsp3) is 0.409. The fourth-order valence-corrected chi connectivity index (χ4v) is 5.30. The second-order valence-corrected chi connectivity index (χ2v) is 8.84. The molecule has 13 heteroatoms. The molecule has 1 aliphatic heterocycles. The smallest absolute Gasteiger partial charge is 0.266 e. The number of carbonyl (C=O) groups is 2. The maximum absolute atomic E-state index is 13.5. The Morgan fingerprint density at radius 1 is 1.31 bits per heavy atom. The molecular weight excluding hydrogens is 483 g/mol. The van der Waals surface area contributed by atoms with Gasteiger partial charge in [-0.05, 0) is 43.2 Å². The van der Waals surface area contributed by atoms with E-state index in [4.69, 9.17) is 14.3 Å². The van der Waals surface area contributed by atoms with Crippen molar-refractivity contribution in [3.63, 3.8) is 0 Å². The molecule has 0 bridgehead atoms. The highest BCUT2D eigenvalue weighted by molar-refractivity contribution is 7.82. The van der Waals surface area contributed by atoms with Crippen molar-refractivity contribution in [3.8, 4) is 11.6 Å². The Hall–Kier alpha value is -2.81. The molecule has 1 aromatic carbocycles. The van der Waals surface area contributed by atoms with E-state index in [0.29, 0.717) is 25.3 Å². The fourth-order valence-electron chi connectivity index (χ4n) is 3.74. The normalized spacial score (nSPS) is 20.5. The van der Waals surface area contributed by atoms with E-state index >= 15 is 0 Å². The molecule has 3 rings (SSSR count). The minimum atomic E-state index is -1.88. The minimum Gasteiger partial charge on any atom is -0.439 e. The van der Waals surface area contributed by atoms with E-state index in [-0.39, 0.29) is 30.3 Å². The summed E-state index contributed by atoms with van der Waals surface area (Å²) in [6, 6.07) is 7.90. The van der Waals surface area contributed by atoms with E-state index in [1.54, 1.807) is 12.6 Å². The van der Waals surface area contributed by atoms with Gasteiger partial charge in [0.05, 0.1) is 18.1 Å². The molecule has 1 fully saturated rings. The second-order valence-electron chi connectivity index (χ2n) is 7.48. The van der Waals surface area contributed by atoms with Gasteiger partial charge in [-0.3, -0.25) is 10.0 Å². The number of hydroxylamine groups is 1. The first-order valence-electron chi connectivity index (χ1n) is 10.6. The Morgan fingerprint density at radius 2 is 2.03 bits per heavy atom. The lowest BCUT2D eigenvalue weighted by Crippen LogP contribution is -2.62. The lowest BCUT2D eigenvalue weighted by molar-refractivity contribution is -0.138. The van der Waals surface area contributed by atoms with E-state index in [9.17, 15) is 23.7 Å². The van der Waals surface area contributed by atoms with Gasteiger partial charge in [0.2, 0.25) is 5.88 Å². The largest absolute Gasteiger partial charge is 0.439 e. The van der Waals surface area contributed by atoms with Crippen molar-refractivity contribution in [2.75, 3.05) is 33.4 Å². The molecular formula is C22H29FN4O7S. The first-order chi connectivity index (χ1) is 16.9. The van der Waals surface area contributed by atoms with Gasteiger partial charge in [0.1, 0.15) is 34.9 Å². The molecule has 11 nitrogen and oxygen atoms in total. The lowest BCUT2D eigenvalue weighted by Gasteiger charge is -2.37. The Labute approximate surface area is 204 Å². The van der Waals surface area contributed by atoms with Crippen LogP contribution in [0.2, 0.25) is 0 Å². The minimum absolute atomic E-state index is 0.0875. The number of ether oxygens (including phenoxy) is 2. The number of pyridine rings is 1. The Morgan fingerprint density at radius 3 is 2.60 bits per heavy atom. The van der Waals surface area contributed by atoms with Crippen molar-refractivity contribution >= 4 is 23.7 Å². The first-order valence-corrected chi connectivity index (χ1v) is 11.7. The number of carbonyl (C=O) groups excluding carboxylic acids is 2. The third-order valence-corrected chi connectivity index (χ3v) is 7.06. The van der Waals surface area contributed by atoms with Crippen LogP contribution in [0.4, 0.5) is 4.39 Å². The topological polar surface area (TPSA) is 150 Å². The van der Waals surface area contributed by atoms with Gasteiger partial charge in [-0.25, -0.2) is 19.1 Å². The molecule has 192 valence electrons. The number of benzene rings is 1. The maximum Gasteiger partial charge on any atom is 0.266 e. The van der Waals surface area contributed by atoms with Crippen molar-refractivity contribution in [2.24, 2.45) is 0 Å². The van der Waals surface area contributed by atoms with E-state index in [0.717, 1.165) is 0 Å². The van der Waals surface area contributed by atoms with Crippen LogP contribution in [0.3, 0.4) is 0 Å². The predicted octanol–water partition coefficient (Wildman–Crippen LogP) is 0.788. The molecule has 2 aromatic rings. The van der Waals surface area contributed by atoms with Gasteiger partial charge in [0.15, 0.2) is 0 Å². The quantitative estimate of drug-likeness (QED) is 0.195. The average molecular weight is 513 g/mol. The van der Waals surface area contributed by atoms with Crippen molar-refractivity contribution in [1.82, 2.24) is 20.1 Å². The number of aliphatic hydroxyl groups excluding tert-OH is 1. The van der Waals surface area contributed by atoms with Crippen molar-refractivity contribution in [3.05, 3.63) is 48.4 Å². The summed E-state index contributed by atoms with van der Waals surface area (Å²) in [5, 5.41) is 22.4. The highest BCUT2D eigenvalue weighted by Crippen LogP contribution is 2.37. The standard InChI is InChI=1S/C21H27FN4O6S.CH2O/c1-31-11-10-23-14-21(20(28)25-29)9-8-16(13-27)26(21)33(30)18-6-7-19(24-12-18)32-17-4-2-15(22)3-5-17;1-2/h2-7,12,16,23,27,29H,8-11,13-14H2,1H3,(H,25,28);1H2. The molecule has 2 heterocycles. The van der Waals surface area contributed by atoms with Crippen molar-refractivity contribution < 1.29 is 38.0 Å². The number of nitrogens with one attached hydrogen (secondary N) is 2. The molecule has 3 unspecified atom stereocenters. The maximum atomic E-state index is 13.5. The van der Waals surface area contributed by atoms with Crippen LogP contribution in [0.1, 0.15) is 12.8 Å². The summed E-state index contributed by atoms with van der Waals surface area (Å²) in [5.41, 5.74) is 0.323. The summed E-state index contributed by atoms with van der Waals surface area (Å²) in [6.45, 7) is 2.62. The predicted molar refractivity (Wildman–Crippen MR) is 124 cm³/mol. The van der Waals surface area contributed by atoms with Crippen LogP contribution in [0.25, 0.3) is 0 Å². The van der Waals surface area contributed by atoms with Gasteiger partial charge in [-0.15, -0.1) is 0 Å². The molecule has 3 atom stereocenters. The highest BCUT2D eigenvalue weighted by Gasteiger charge is 2.54. The lowest BCUT2D eigenvalue weighted by atomic mass is 9.96. The molecule has 0 radical (unpaired) electrons. The highest BCUT2D eigenvalue weighted by atomic mass is 32.2. The number of amides is 1. The summed E-state index contributed by atoms with van der Waals surface area (Å²) >= 11 is 0. The third kappa shape index (κ3) is 6.87. The van der Waals surface area contributed by atoms with Crippen LogP contribution < -0.4 is 15.5 Å². The van der Waals surface area contributed by atoms with E-state index in [1.807, 2.05) is 6.79 Å². The van der Waals surface area contributed by atoms with Gasteiger partial charge >= 0.3 is 0 Å². The van der Waals surface area contributed by atoms with E-state index in [1.165, 1.54) is 46.9 Å². The molecule has 4 N–H and O–H groups in total. The molecule has 1 amide bonds. The number of rotatable bonds is 11. The zero-order chi connectivity index (χ0) is 25.8. The first kappa shape index (κ1) is 28.4. The van der Waals surface area contributed by atoms with Crippen LogP contribution >= 0.6 is 0 Å². The average Bonchev–Trinajstić information content (AvgIpc) is 3.28. The van der Waals surface area contributed by atoms with Gasteiger partial charge < -0.3 is 24.7 Å². The van der Waals surface area contributed by atoms with Gasteiger partial charge in [0.25, 0.3) is 5.91 Å². The van der Waals surface area contributed by atoms with E-state index < -0.39 is 34.3 Å². The van der Waals surface area contributed by atoms with Crippen molar-refractivity contribution in [1.29, 1.82) is 0 Å². The monoisotopic (exact) mass is 512 g/mol. The molecule has 0 spiro atoms. The number of halogens is 1. The molecule has 1 aliphatic rings. The van der Waals surface area contributed by atoms with Crippen LogP contribution in [-0.4, -0.2) is 81.5 Å². The summed E-state index contributed by atoms with van der Waals surface area (Å²) in [7, 11) is -0.334. The zero-order valence-corrected chi connectivity index (χ0v) is 20.0. The number of aromatic nitrogens is 1. The van der Waals surface area contributed by atoms with Crippen LogP contribution in [0.5, 0.6) is 11.6 Å². The number of aliphatic hydroxyl groups is 1. The van der Waals surface area contributed by atoms with Crippen LogP contribution in [-0.2, 0) is 25.3 Å². The van der Waals surface area contributed by atoms with E-state index in [2.05, 4.69) is 10.3 Å². The third-order valence-electron chi connectivity index (χ3n) is 5.41. The summed E-state index contributed by atoms with van der Waals surface area (Å²) in [6.07, 6.45) is 2.03. The number of hydrogen-bond donors (Lipinski definition) is 4. The zero-order valence-electron chi connectivity index (χ0n) is 19.2.